The average Bonchev–Trinajstić information content (AvgIpc) is 2.97. The molecule has 0 aliphatic heterocycles. The Morgan fingerprint density at radius 3 is 2.50 bits per heavy atom. The quantitative estimate of drug-likeness (QED) is 0.742. The van der Waals surface area contributed by atoms with E-state index in [1.807, 2.05) is 55.5 Å². The van der Waals surface area contributed by atoms with E-state index in [1.165, 1.54) is 0 Å². The molecule has 0 aliphatic rings. The Morgan fingerprint density at radius 2 is 1.79 bits per heavy atom. The van der Waals surface area contributed by atoms with Crippen LogP contribution in [-0.2, 0) is 0 Å². The topological polar surface area (TPSA) is 55.1 Å². The van der Waals surface area contributed by atoms with Crippen LogP contribution in [0.5, 0.6) is 0 Å². The molecule has 3 rings (SSSR count). The van der Waals surface area contributed by atoms with E-state index in [1.54, 1.807) is 13.0 Å². The number of benzene rings is 2. The molecule has 1 atom stereocenters. The van der Waals surface area contributed by atoms with Crippen LogP contribution in [-0.4, -0.2) is 11.1 Å². The number of carbonyl (C=O) groups is 1. The number of rotatable bonds is 4. The van der Waals surface area contributed by atoms with Crippen molar-refractivity contribution in [1.29, 1.82) is 0 Å². The summed E-state index contributed by atoms with van der Waals surface area (Å²) in [5.74, 6) is 0.248. The summed E-state index contributed by atoms with van der Waals surface area (Å²) < 4.78 is 5.25. The van der Waals surface area contributed by atoms with Gasteiger partial charge < -0.3 is 9.84 Å². The Hall–Kier alpha value is -2.59. The maximum absolute atomic E-state index is 12.8. The van der Waals surface area contributed by atoms with Crippen LogP contribution in [0.15, 0.2) is 59.1 Å². The van der Waals surface area contributed by atoms with E-state index < -0.39 is 0 Å². The van der Waals surface area contributed by atoms with Crippen LogP contribution >= 0.6 is 11.6 Å². The number of aromatic nitrogens is 1. The number of halogens is 1. The summed E-state index contributed by atoms with van der Waals surface area (Å²) >= 11 is 6.20. The first kappa shape index (κ1) is 16.3. The minimum Gasteiger partial charge on any atom is -0.360 e. The largest absolute Gasteiger partial charge is 0.360 e. The average molecular weight is 341 g/mol. The second-order valence-corrected chi connectivity index (χ2v) is 5.95. The molecule has 0 spiro atoms. The fourth-order valence-electron chi connectivity index (χ4n) is 2.61. The molecule has 1 aromatic heterocycles. The highest BCUT2D eigenvalue weighted by Gasteiger charge is 2.23. The van der Waals surface area contributed by atoms with Gasteiger partial charge >= 0.3 is 0 Å². The van der Waals surface area contributed by atoms with Gasteiger partial charge in [-0.25, -0.2) is 0 Å². The second kappa shape index (κ2) is 6.89. The van der Waals surface area contributed by atoms with Crippen molar-refractivity contribution in [3.8, 4) is 11.3 Å². The summed E-state index contributed by atoms with van der Waals surface area (Å²) in [5.41, 5.74) is 2.69. The van der Waals surface area contributed by atoms with Crippen LogP contribution in [0.4, 0.5) is 0 Å². The van der Waals surface area contributed by atoms with Crippen molar-refractivity contribution in [3.05, 3.63) is 76.5 Å². The molecule has 2 aromatic carbocycles. The lowest BCUT2D eigenvalue weighted by molar-refractivity contribution is 0.0939. The lowest BCUT2D eigenvalue weighted by atomic mass is 10.0. The van der Waals surface area contributed by atoms with E-state index in [0.29, 0.717) is 22.0 Å². The molecule has 3 aromatic rings. The summed E-state index contributed by atoms with van der Waals surface area (Å²) in [6, 6.07) is 16.7. The van der Waals surface area contributed by atoms with Crippen LogP contribution < -0.4 is 5.32 Å². The van der Waals surface area contributed by atoms with Crippen molar-refractivity contribution in [2.24, 2.45) is 0 Å². The van der Waals surface area contributed by atoms with Crippen LogP contribution in [0.2, 0.25) is 5.02 Å². The number of hydrogen-bond donors (Lipinski definition) is 1. The molecular weight excluding hydrogens is 324 g/mol. The van der Waals surface area contributed by atoms with Gasteiger partial charge in [0.25, 0.3) is 5.91 Å². The zero-order valence-electron chi connectivity index (χ0n) is 13.4. The van der Waals surface area contributed by atoms with Gasteiger partial charge in [0.1, 0.15) is 17.0 Å². The molecule has 4 nitrogen and oxygen atoms in total. The van der Waals surface area contributed by atoms with Gasteiger partial charge in [-0.3, -0.25) is 4.79 Å². The number of nitrogens with one attached hydrogen (secondary N) is 1. The van der Waals surface area contributed by atoms with Gasteiger partial charge in [-0.1, -0.05) is 65.3 Å². The number of hydrogen-bond acceptors (Lipinski definition) is 3. The van der Waals surface area contributed by atoms with Crippen LogP contribution in [0, 0.1) is 6.92 Å². The van der Waals surface area contributed by atoms with E-state index in [0.717, 1.165) is 11.1 Å². The maximum atomic E-state index is 12.8. The minimum absolute atomic E-state index is 0.232. The second-order valence-electron chi connectivity index (χ2n) is 5.55. The van der Waals surface area contributed by atoms with Crippen molar-refractivity contribution in [2.75, 3.05) is 0 Å². The molecule has 1 amide bonds. The molecule has 0 fully saturated rings. The molecule has 5 heteroatoms. The molecule has 0 radical (unpaired) electrons. The van der Waals surface area contributed by atoms with E-state index in [2.05, 4.69) is 10.5 Å². The third kappa shape index (κ3) is 3.19. The third-order valence-corrected chi connectivity index (χ3v) is 4.20. The molecule has 0 bridgehead atoms. The maximum Gasteiger partial charge on any atom is 0.257 e. The lowest BCUT2D eigenvalue weighted by Crippen LogP contribution is -2.27. The monoisotopic (exact) mass is 340 g/mol. The lowest BCUT2D eigenvalue weighted by Gasteiger charge is -2.15. The zero-order chi connectivity index (χ0) is 17.1. The summed E-state index contributed by atoms with van der Waals surface area (Å²) in [6.07, 6.45) is 0. The van der Waals surface area contributed by atoms with Gasteiger partial charge in [0.15, 0.2) is 0 Å². The molecule has 0 saturated heterocycles. The number of nitrogens with zero attached hydrogens (tertiary/aromatic N) is 1. The number of amides is 1. The van der Waals surface area contributed by atoms with Crippen molar-refractivity contribution >= 4 is 17.5 Å². The normalized spacial score (nSPS) is 12.0. The van der Waals surface area contributed by atoms with E-state index >= 15 is 0 Å². The summed E-state index contributed by atoms with van der Waals surface area (Å²) in [6.45, 7) is 3.62. The van der Waals surface area contributed by atoms with Gasteiger partial charge in [0.05, 0.1) is 6.04 Å². The van der Waals surface area contributed by atoms with Crippen LogP contribution in [0.3, 0.4) is 0 Å². The molecule has 0 saturated carbocycles. The summed E-state index contributed by atoms with van der Waals surface area (Å²) in [5, 5.41) is 7.63. The van der Waals surface area contributed by atoms with Gasteiger partial charge in [0, 0.05) is 10.6 Å². The van der Waals surface area contributed by atoms with Crippen molar-refractivity contribution < 1.29 is 9.32 Å². The Bertz CT molecular complexity index is 859. The van der Waals surface area contributed by atoms with Crippen molar-refractivity contribution in [1.82, 2.24) is 10.5 Å². The van der Waals surface area contributed by atoms with Crippen LogP contribution in [0.1, 0.15) is 34.6 Å². The van der Waals surface area contributed by atoms with Crippen molar-refractivity contribution in [3.63, 3.8) is 0 Å². The Kier molecular flexibility index (Phi) is 4.67. The number of carbonyl (C=O) groups excluding carboxylic acids is 1. The standard InChI is InChI=1S/C19H17ClN2O2/c1-12(15-10-6-7-11-16(15)20)21-19(23)17-13(2)24-22-18(17)14-8-4-3-5-9-14/h3-12H,1-2H3,(H,21,23)/t12-/m0/s1. The van der Waals surface area contributed by atoms with Gasteiger partial charge in [-0.05, 0) is 25.5 Å². The highest BCUT2D eigenvalue weighted by Crippen LogP contribution is 2.27. The molecule has 122 valence electrons. The number of aryl methyl sites for hydroxylation is 1. The van der Waals surface area contributed by atoms with Gasteiger partial charge in [-0.2, -0.15) is 0 Å². The SMILES string of the molecule is Cc1onc(-c2ccccc2)c1C(=O)N[C@@H](C)c1ccccc1Cl. The molecule has 24 heavy (non-hydrogen) atoms. The van der Waals surface area contributed by atoms with Crippen molar-refractivity contribution in [2.45, 2.75) is 19.9 Å². The first-order chi connectivity index (χ1) is 11.6. The van der Waals surface area contributed by atoms with Crippen LogP contribution in [0.25, 0.3) is 11.3 Å². The fourth-order valence-corrected chi connectivity index (χ4v) is 2.90. The fraction of sp³-hybridized carbons (Fsp3) is 0.158. The van der Waals surface area contributed by atoms with Gasteiger partial charge in [-0.15, -0.1) is 0 Å². The predicted molar refractivity (Wildman–Crippen MR) is 94.0 cm³/mol. The third-order valence-electron chi connectivity index (χ3n) is 3.86. The van der Waals surface area contributed by atoms with E-state index in [-0.39, 0.29) is 11.9 Å². The Morgan fingerprint density at radius 1 is 1.12 bits per heavy atom. The molecule has 1 heterocycles. The first-order valence-electron chi connectivity index (χ1n) is 7.65. The predicted octanol–water partition coefficient (Wildman–Crippen LogP) is 4.79. The Balaban J connectivity index is 1.89. The van der Waals surface area contributed by atoms with E-state index in [9.17, 15) is 4.79 Å². The summed E-state index contributed by atoms with van der Waals surface area (Å²) in [7, 11) is 0. The molecule has 0 unspecified atom stereocenters. The highest BCUT2D eigenvalue weighted by atomic mass is 35.5. The Labute approximate surface area is 145 Å². The minimum atomic E-state index is -0.236. The molecular formula is C19H17ClN2O2. The summed E-state index contributed by atoms with van der Waals surface area (Å²) in [4.78, 5) is 12.8. The smallest absolute Gasteiger partial charge is 0.257 e. The van der Waals surface area contributed by atoms with Gasteiger partial charge in [0.2, 0.25) is 0 Å². The zero-order valence-corrected chi connectivity index (χ0v) is 14.2. The highest BCUT2D eigenvalue weighted by molar-refractivity contribution is 6.31. The first-order valence-corrected chi connectivity index (χ1v) is 8.02. The van der Waals surface area contributed by atoms with E-state index in [4.69, 9.17) is 16.1 Å². The molecule has 1 N–H and O–H groups in total. The molecule has 0 aliphatic carbocycles.